The molecule has 0 fully saturated rings. The number of carboxylic acid groups (broad SMARTS) is 1. The molecular formula is C11H12N6O3. The Labute approximate surface area is 113 Å². The van der Waals surface area contributed by atoms with Crippen molar-refractivity contribution in [2.75, 3.05) is 5.32 Å². The maximum Gasteiger partial charge on any atom is 0.354 e. The number of aryl methyl sites for hydroxylation is 1. The second-order valence-electron chi connectivity index (χ2n) is 3.90. The number of carboxylic acids is 1. The van der Waals surface area contributed by atoms with Gasteiger partial charge >= 0.3 is 12.0 Å². The highest BCUT2D eigenvalue weighted by Crippen LogP contribution is 2.06. The van der Waals surface area contributed by atoms with E-state index in [4.69, 9.17) is 5.11 Å². The first-order valence-electron chi connectivity index (χ1n) is 5.63. The van der Waals surface area contributed by atoms with Gasteiger partial charge in [0.15, 0.2) is 5.82 Å². The van der Waals surface area contributed by atoms with Crippen LogP contribution in [0.25, 0.3) is 0 Å². The summed E-state index contributed by atoms with van der Waals surface area (Å²) in [7, 11) is 1.77. The van der Waals surface area contributed by atoms with Crippen molar-refractivity contribution >= 4 is 17.7 Å². The van der Waals surface area contributed by atoms with Gasteiger partial charge in [0.25, 0.3) is 0 Å². The van der Waals surface area contributed by atoms with Crippen LogP contribution in [0.5, 0.6) is 0 Å². The van der Waals surface area contributed by atoms with Gasteiger partial charge in [-0.3, -0.25) is 0 Å². The number of anilines is 1. The van der Waals surface area contributed by atoms with Crippen molar-refractivity contribution in [3.8, 4) is 0 Å². The maximum absolute atomic E-state index is 11.6. The third-order valence-corrected chi connectivity index (χ3v) is 2.45. The van der Waals surface area contributed by atoms with Crippen molar-refractivity contribution in [3.63, 3.8) is 0 Å². The van der Waals surface area contributed by atoms with Gasteiger partial charge in [-0.15, -0.1) is 10.2 Å². The van der Waals surface area contributed by atoms with E-state index in [1.165, 1.54) is 24.7 Å². The van der Waals surface area contributed by atoms with Gasteiger partial charge in [0.1, 0.15) is 12.0 Å². The zero-order valence-corrected chi connectivity index (χ0v) is 10.6. The minimum Gasteiger partial charge on any atom is -0.477 e. The van der Waals surface area contributed by atoms with E-state index in [-0.39, 0.29) is 12.2 Å². The molecule has 104 valence electrons. The monoisotopic (exact) mass is 276 g/mol. The molecule has 2 rings (SSSR count). The largest absolute Gasteiger partial charge is 0.477 e. The van der Waals surface area contributed by atoms with Crippen LogP contribution in [0.2, 0.25) is 0 Å². The molecule has 0 aliphatic heterocycles. The van der Waals surface area contributed by atoms with E-state index in [1.54, 1.807) is 11.6 Å². The summed E-state index contributed by atoms with van der Waals surface area (Å²) in [6, 6.07) is 2.32. The first-order chi connectivity index (χ1) is 9.56. The topological polar surface area (TPSA) is 122 Å². The van der Waals surface area contributed by atoms with Crippen molar-refractivity contribution in [3.05, 3.63) is 36.2 Å². The number of nitrogens with one attached hydrogen (secondary N) is 2. The van der Waals surface area contributed by atoms with Crippen LogP contribution < -0.4 is 10.6 Å². The standard InChI is InChI=1S/C11H12N6O3/c1-17-6-14-16-9(17)5-13-11(20)15-7-2-3-8(10(18)19)12-4-7/h2-4,6H,5H2,1H3,(H,18,19)(H2,13,15,20). The number of amides is 2. The number of hydrogen-bond donors (Lipinski definition) is 3. The summed E-state index contributed by atoms with van der Waals surface area (Å²) >= 11 is 0. The number of carbonyl (C=O) groups is 2. The Morgan fingerprint density at radius 2 is 2.20 bits per heavy atom. The van der Waals surface area contributed by atoms with Crippen molar-refractivity contribution in [1.29, 1.82) is 0 Å². The van der Waals surface area contributed by atoms with Gasteiger partial charge in [-0.05, 0) is 12.1 Å². The number of pyridine rings is 1. The predicted octanol–water partition coefficient (Wildman–Crippen LogP) is 0.230. The number of aromatic carboxylic acids is 1. The Balaban J connectivity index is 1.88. The third kappa shape index (κ3) is 3.28. The molecule has 0 aliphatic carbocycles. The molecule has 9 nitrogen and oxygen atoms in total. The van der Waals surface area contributed by atoms with E-state index < -0.39 is 12.0 Å². The minimum absolute atomic E-state index is 0.0879. The number of rotatable bonds is 4. The Kier molecular flexibility index (Phi) is 3.89. The molecule has 0 unspecified atom stereocenters. The van der Waals surface area contributed by atoms with Gasteiger partial charge in [-0.25, -0.2) is 14.6 Å². The summed E-state index contributed by atoms with van der Waals surface area (Å²) in [6.07, 6.45) is 2.80. The van der Waals surface area contributed by atoms with Crippen LogP contribution in [0.4, 0.5) is 10.5 Å². The fourth-order valence-electron chi connectivity index (χ4n) is 1.40. The average molecular weight is 276 g/mol. The van der Waals surface area contributed by atoms with Gasteiger partial charge in [0, 0.05) is 7.05 Å². The van der Waals surface area contributed by atoms with Crippen molar-refractivity contribution in [2.24, 2.45) is 7.05 Å². The highest BCUT2D eigenvalue weighted by Gasteiger charge is 2.07. The van der Waals surface area contributed by atoms with Crippen LogP contribution in [0.15, 0.2) is 24.7 Å². The van der Waals surface area contributed by atoms with Crippen LogP contribution in [0, 0.1) is 0 Å². The zero-order valence-electron chi connectivity index (χ0n) is 10.6. The molecule has 0 spiro atoms. The molecule has 2 aromatic heterocycles. The van der Waals surface area contributed by atoms with Crippen molar-refractivity contribution in [2.45, 2.75) is 6.54 Å². The Bertz CT molecular complexity index is 621. The lowest BCUT2D eigenvalue weighted by molar-refractivity contribution is 0.0690. The number of hydrogen-bond acceptors (Lipinski definition) is 5. The average Bonchev–Trinajstić information content (AvgIpc) is 2.82. The van der Waals surface area contributed by atoms with E-state index >= 15 is 0 Å². The molecule has 2 aromatic rings. The molecule has 0 saturated carbocycles. The van der Waals surface area contributed by atoms with E-state index in [9.17, 15) is 9.59 Å². The van der Waals surface area contributed by atoms with Crippen LogP contribution in [-0.2, 0) is 13.6 Å². The highest BCUT2D eigenvalue weighted by atomic mass is 16.4. The lowest BCUT2D eigenvalue weighted by Crippen LogP contribution is -2.29. The number of urea groups is 1. The molecule has 9 heteroatoms. The summed E-state index contributed by atoms with van der Waals surface area (Å²) in [5.74, 6) is -0.511. The van der Waals surface area contributed by atoms with Crippen LogP contribution in [-0.4, -0.2) is 36.9 Å². The zero-order chi connectivity index (χ0) is 14.5. The van der Waals surface area contributed by atoms with E-state index in [0.29, 0.717) is 11.5 Å². The lowest BCUT2D eigenvalue weighted by Gasteiger charge is -2.07. The maximum atomic E-state index is 11.6. The molecule has 3 N–H and O–H groups in total. The summed E-state index contributed by atoms with van der Waals surface area (Å²) in [5, 5.41) is 21.3. The first kappa shape index (κ1) is 13.5. The molecule has 2 heterocycles. The molecule has 0 atom stereocenters. The second-order valence-corrected chi connectivity index (χ2v) is 3.90. The van der Waals surface area contributed by atoms with E-state index in [2.05, 4.69) is 25.8 Å². The predicted molar refractivity (Wildman–Crippen MR) is 68.1 cm³/mol. The van der Waals surface area contributed by atoms with Crippen LogP contribution in [0.1, 0.15) is 16.3 Å². The van der Waals surface area contributed by atoms with E-state index in [1.807, 2.05) is 0 Å². The normalized spacial score (nSPS) is 10.1. The fraction of sp³-hybridized carbons (Fsp3) is 0.182. The molecule has 0 aromatic carbocycles. The number of nitrogens with zero attached hydrogens (tertiary/aromatic N) is 4. The second kappa shape index (κ2) is 5.78. The highest BCUT2D eigenvalue weighted by molar-refractivity contribution is 5.90. The van der Waals surface area contributed by atoms with Gasteiger partial charge in [0.05, 0.1) is 18.4 Å². The number of aromatic nitrogens is 4. The summed E-state index contributed by atoms with van der Waals surface area (Å²) < 4.78 is 1.68. The Morgan fingerprint density at radius 1 is 1.40 bits per heavy atom. The van der Waals surface area contributed by atoms with Crippen molar-refractivity contribution in [1.82, 2.24) is 25.1 Å². The van der Waals surface area contributed by atoms with Gasteiger partial charge < -0.3 is 20.3 Å². The molecule has 0 bridgehead atoms. The molecule has 0 saturated heterocycles. The van der Waals surface area contributed by atoms with Gasteiger partial charge in [0.2, 0.25) is 0 Å². The van der Waals surface area contributed by atoms with Gasteiger partial charge in [-0.1, -0.05) is 0 Å². The first-order valence-corrected chi connectivity index (χ1v) is 5.63. The molecule has 0 aliphatic rings. The van der Waals surface area contributed by atoms with Gasteiger partial charge in [-0.2, -0.15) is 0 Å². The van der Waals surface area contributed by atoms with Crippen LogP contribution in [0.3, 0.4) is 0 Å². The summed E-state index contributed by atoms with van der Waals surface area (Å²) in [5.41, 5.74) is 0.306. The van der Waals surface area contributed by atoms with Crippen molar-refractivity contribution < 1.29 is 14.7 Å². The molecule has 0 radical (unpaired) electrons. The molecule has 2 amide bonds. The Morgan fingerprint density at radius 3 is 2.75 bits per heavy atom. The Hall–Kier alpha value is -2.97. The number of carbonyl (C=O) groups excluding carboxylic acids is 1. The minimum atomic E-state index is -1.12. The summed E-state index contributed by atoms with van der Waals surface area (Å²) in [6.45, 7) is 0.225. The third-order valence-electron chi connectivity index (χ3n) is 2.45. The SMILES string of the molecule is Cn1cnnc1CNC(=O)Nc1ccc(C(=O)O)nc1. The molecular weight excluding hydrogens is 264 g/mol. The van der Waals surface area contributed by atoms with E-state index in [0.717, 1.165) is 0 Å². The fourth-order valence-corrected chi connectivity index (χ4v) is 1.40. The lowest BCUT2D eigenvalue weighted by atomic mass is 10.3. The van der Waals surface area contributed by atoms with Crippen LogP contribution >= 0.6 is 0 Å². The smallest absolute Gasteiger partial charge is 0.354 e. The quantitative estimate of drug-likeness (QED) is 0.734. The summed E-state index contributed by atoms with van der Waals surface area (Å²) in [4.78, 5) is 25.9. The molecule has 20 heavy (non-hydrogen) atoms.